The maximum Gasteiger partial charge on any atom is 0.298 e. The van der Waals surface area contributed by atoms with E-state index in [1.165, 1.54) is 24.3 Å². The molecule has 0 atom stereocenters. The number of rotatable bonds is 1. The van der Waals surface area contributed by atoms with Gasteiger partial charge >= 0.3 is 0 Å². The van der Waals surface area contributed by atoms with E-state index < -0.39 is 49.2 Å². The largest absolute Gasteiger partial charge is 0.504 e. The average Bonchev–Trinajstić information content (AvgIpc) is 2.46. The van der Waals surface area contributed by atoms with Crippen molar-refractivity contribution < 1.29 is 32.8 Å². The smallest absolute Gasteiger partial charge is 0.298 e. The first-order valence-corrected chi connectivity index (χ1v) is 7.42. The van der Waals surface area contributed by atoms with Gasteiger partial charge in [-0.15, -0.1) is 0 Å². The van der Waals surface area contributed by atoms with Crippen molar-refractivity contribution in [1.29, 1.82) is 0 Å². The van der Waals surface area contributed by atoms with Gasteiger partial charge in [-0.1, -0.05) is 24.3 Å². The van der Waals surface area contributed by atoms with E-state index in [1.54, 1.807) is 0 Å². The fourth-order valence-corrected chi connectivity index (χ4v) is 3.01. The molecular weight excluding hydrogens is 312 g/mol. The molecule has 112 valence electrons. The Morgan fingerprint density at radius 1 is 0.818 bits per heavy atom. The summed E-state index contributed by atoms with van der Waals surface area (Å²) < 4.78 is 31.5. The topological polar surface area (TPSA) is 129 Å². The number of phenolic OH excluding ortho intramolecular Hbond substituents is 2. The molecule has 3 rings (SSSR count). The summed E-state index contributed by atoms with van der Waals surface area (Å²) in [6.07, 6.45) is 0. The van der Waals surface area contributed by atoms with Crippen molar-refractivity contribution in [3.05, 3.63) is 52.6 Å². The van der Waals surface area contributed by atoms with Gasteiger partial charge in [0, 0.05) is 16.7 Å². The minimum Gasteiger partial charge on any atom is -0.504 e. The molecule has 3 N–H and O–H groups in total. The van der Waals surface area contributed by atoms with Gasteiger partial charge in [0.15, 0.2) is 23.1 Å². The number of hydrogen-bond acceptors (Lipinski definition) is 6. The number of carbonyl (C=O) groups is 2. The first-order chi connectivity index (χ1) is 10.2. The lowest BCUT2D eigenvalue weighted by Gasteiger charge is -2.19. The van der Waals surface area contributed by atoms with Crippen LogP contribution >= 0.6 is 0 Å². The van der Waals surface area contributed by atoms with Gasteiger partial charge in [0.05, 0.1) is 5.56 Å². The van der Waals surface area contributed by atoms with E-state index in [2.05, 4.69) is 0 Å². The van der Waals surface area contributed by atoms with Crippen molar-refractivity contribution in [2.75, 3.05) is 0 Å². The normalized spacial score (nSPS) is 13.7. The van der Waals surface area contributed by atoms with Crippen molar-refractivity contribution in [3.8, 4) is 11.5 Å². The summed E-state index contributed by atoms with van der Waals surface area (Å²) in [4.78, 5) is 23.7. The van der Waals surface area contributed by atoms with E-state index in [0.717, 1.165) is 0 Å². The number of benzene rings is 2. The predicted molar refractivity (Wildman–Crippen MR) is 72.9 cm³/mol. The molecule has 0 heterocycles. The highest BCUT2D eigenvalue weighted by molar-refractivity contribution is 7.86. The second-order valence-corrected chi connectivity index (χ2v) is 6.06. The second-order valence-electron chi connectivity index (χ2n) is 4.67. The molecule has 0 unspecified atom stereocenters. The third kappa shape index (κ3) is 1.81. The molecule has 0 spiro atoms. The highest BCUT2D eigenvalue weighted by atomic mass is 32.2. The van der Waals surface area contributed by atoms with E-state index in [0.29, 0.717) is 6.07 Å². The van der Waals surface area contributed by atoms with E-state index >= 15 is 0 Å². The molecule has 0 bridgehead atoms. The number of carbonyl (C=O) groups excluding carboxylic acids is 2. The van der Waals surface area contributed by atoms with Gasteiger partial charge < -0.3 is 10.2 Å². The fourth-order valence-electron chi connectivity index (χ4n) is 2.40. The van der Waals surface area contributed by atoms with E-state index in [9.17, 15) is 28.2 Å². The van der Waals surface area contributed by atoms with Gasteiger partial charge in [0.2, 0.25) is 0 Å². The number of fused-ring (bicyclic) bond motifs is 2. The zero-order chi connectivity index (χ0) is 16.2. The Morgan fingerprint density at radius 2 is 1.36 bits per heavy atom. The molecule has 0 radical (unpaired) electrons. The zero-order valence-electron chi connectivity index (χ0n) is 10.8. The van der Waals surface area contributed by atoms with E-state index in [-0.39, 0.29) is 11.1 Å². The van der Waals surface area contributed by atoms with Gasteiger partial charge in [-0.05, 0) is 6.07 Å². The Morgan fingerprint density at radius 3 is 1.91 bits per heavy atom. The zero-order valence-corrected chi connectivity index (χ0v) is 11.6. The average molecular weight is 320 g/mol. The van der Waals surface area contributed by atoms with Crippen molar-refractivity contribution >= 4 is 21.7 Å². The molecule has 8 heteroatoms. The number of aromatic hydroxyl groups is 2. The molecule has 1 aliphatic carbocycles. The summed E-state index contributed by atoms with van der Waals surface area (Å²) in [7, 11) is -4.88. The Kier molecular flexibility index (Phi) is 2.84. The highest BCUT2D eigenvalue weighted by Crippen LogP contribution is 2.42. The molecule has 0 aliphatic heterocycles. The summed E-state index contributed by atoms with van der Waals surface area (Å²) in [5.74, 6) is -3.65. The van der Waals surface area contributed by atoms with Crippen LogP contribution in [0.5, 0.6) is 11.5 Å². The maximum absolute atomic E-state index is 12.4. The molecular formula is C14H8O7S. The Bertz CT molecular complexity index is 957. The first kappa shape index (κ1) is 14.2. The molecule has 0 fully saturated rings. The summed E-state index contributed by atoms with van der Waals surface area (Å²) in [5, 5.41) is 19.6. The SMILES string of the molecule is O=C1c2ccccc2C(=O)c2c1cc(S(=O)(=O)O)c(O)c2O. The Hall–Kier alpha value is -2.71. The van der Waals surface area contributed by atoms with Crippen molar-refractivity contribution in [3.63, 3.8) is 0 Å². The lowest BCUT2D eigenvalue weighted by molar-refractivity contribution is 0.0975. The molecule has 2 aromatic carbocycles. The summed E-state index contributed by atoms with van der Waals surface area (Å²) in [6.45, 7) is 0. The molecule has 2 aromatic rings. The van der Waals surface area contributed by atoms with Crippen LogP contribution in [-0.2, 0) is 10.1 Å². The van der Waals surface area contributed by atoms with Crippen LogP contribution < -0.4 is 0 Å². The summed E-state index contributed by atoms with van der Waals surface area (Å²) in [6, 6.07) is 6.49. The standard InChI is InChI=1S/C14H8O7S/c15-11-6-3-1-2-4-7(6)12(16)10-8(11)5-9(22(19,20)21)13(17)14(10)18/h1-5,17-18H,(H,19,20,21). The van der Waals surface area contributed by atoms with Crippen molar-refractivity contribution in [2.24, 2.45) is 0 Å². The molecule has 0 amide bonds. The number of ketones is 2. The fraction of sp³-hybridized carbons (Fsp3) is 0. The maximum atomic E-state index is 12.4. The minimum atomic E-state index is -4.88. The van der Waals surface area contributed by atoms with Gasteiger partial charge in [0.25, 0.3) is 10.1 Å². The third-order valence-electron chi connectivity index (χ3n) is 3.41. The van der Waals surface area contributed by atoms with Gasteiger partial charge in [-0.3, -0.25) is 14.1 Å². The van der Waals surface area contributed by atoms with Gasteiger partial charge in [-0.2, -0.15) is 8.42 Å². The quantitative estimate of drug-likeness (QED) is 0.452. The van der Waals surface area contributed by atoms with Gasteiger partial charge in [-0.25, -0.2) is 0 Å². The number of hydrogen-bond donors (Lipinski definition) is 3. The molecule has 0 saturated heterocycles. The molecule has 7 nitrogen and oxygen atoms in total. The molecule has 22 heavy (non-hydrogen) atoms. The minimum absolute atomic E-state index is 0.0364. The highest BCUT2D eigenvalue weighted by Gasteiger charge is 2.36. The van der Waals surface area contributed by atoms with Crippen LogP contribution in [0.1, 0.15) is 31.8 Å². The van der Waals surface area contributed by atoms with Crippen LogP contribution in [0.3, 0.4) is 0 Å². The van der Waals surface area contributed by atoms with Crippen LogP contribution in [-0.4, -0.2) is 34.8 Å². The second kappa shape index (κ2) is 4.39. The van der Waals surface area contributed by atoms with Crippen LogP contribution in [0.2, 0.25) is 0 Å². The van der Waals surface area contributed by atoms with Crippen LogP contribution in [0.4, 0.5) is 0 Å². The van der Waals surface area contributed by atoms with Crippen molar-refractivity contribution in [1.82, 2.24) is 0 Å². The monoisotopic (exact) mass is 320 g/mol. The Labute approximate surface area is 124 Å². The first-order valence-electron chi connectivity index (χ1n) is 5.98. The van der Waals surface area contributed by atoms with Crippen LogP contribution in [0, 0.1) is 0 Å². The summed E-state index contributed by atoms with van der Waals surface area (Å²) >= 11 is 0. The molecule has 1 aliphatic rings. The van der Waals surface area contributed by atoms with Crippen LogP contribution in [0.15, 0.2) is 35.2 Å². The Balaban J connectivity index is 2.42. The van der Waals surface area contributed by atoms with E-state index in [1.807, 2.05) is 0 Å². The molecule has 0 aromatic heterocycles. The number of phenols is 2. The van der Waals surface area contributed by atoms with E-state index in [4.69, 9.17) is 4.55 Å². The van der Waals surface area contributed by atoms with Crippen LogP contribution in [0.25, 0.3) is 0 Å². The third-order valence-corrected chi connectivity index (χ3v) is 4.27. The lowest BCUT2D eigenvalue weighted by atomic mass is 9.83. The van der Waals surface area contributed by atoms with Gasteiger partial charge in [0.1, 0.15) is 4.90 Å². The summed E-state index contributed by atoms with van der Waals surface area (Å²) in [5.41, 5.74) is -0.805. The van der Waals surface area contributed by atoms with Crippen molar-refractivity contribution in [2.45, 2.75) is 4.90 Å². The predicted octanol–water partition coefficient (Wildman–Crippen LogP) is 1.12. The lowest BCUT2D eigenvalue weighted by Crippen LogP contribution is -2.21. The molecule has 0 saturated carbocycles.